The molecule has 0 saturated heterocycles. The molecule has 0 saturated carbocycles. The lowest BCUT2D eigenvalue weighted by Gasteiger charge is -2.26. The van der Waals surface area contributed by atoms with E-state index in [2.05, 4.69) is 0 Å². The number of nitrogens with zero attached hydrogens (tertiary/aromatic N) is 1. The van der Waals surface area contributed by atoms with Crippen LogP contribution in [0.4, 0.5) is 4.79 Å². The van der Waals surface area contributed by atoms with Crippen LogP contribution in [0.1, 0.15) is 32.4 Å². The smallest absolute Gasteiger partial charge is 0.410 e. The molecule has 0 aromatic heterocycles. The lowest BCUT2D eigenvalue weighted by Crippen LogP contribution is -2.36. The summed E-state index contributed by atoms with van der Waals surface area (Å²) in [6, 6.07) is 7.08. The molecule has 0 bridgehead atoms. The Bertz CT molecular complexity index is 436. The van der Waals surface area contributed by atoms with Crippen molar-refractivity contribution in [2.75, 3.05) is 20.7 Å². The van der Waals surface area contributed by atoms with Crippen molar-refractivity contribution in [2.24, 2.45) is 0 Å². The highest BCUT2D eigenvalue weighted by atomic mass is 16.6. The molecule has 0 aliphatic carbocycles. The molecule has 0 heterocycles. The van der Waals surface area contributed by atoms with Crippen molar-refractivity contribution in [1.82, 2.24) is 4.90 Å². The first kappa shape index (κ1) is 16.3. The zero-order valence-corrected chi connectivity index (χ0v) is 12.7. The highest BCUT2D eigenvalue weighted by Gasteiger charge is 2.21. The number of carbonyl (C=O) groups is 1. The highest BCUT2D eigenvalue weighted by molar-refractivity contribution is 5.67. The Balaban J connectivity index is 2.60. The molecular weight excluding hydrogens is 258 g/mol. The van der Waals surface area contributed by atoms with Crippen molar-refractivity contribution >= 4 is 6.09 Å². The summed E-state index contributed by atoms with van der Waals surface area (Å²) in [5.74, 6) is 0.724. The summed E-state index contributed by atoms with van der Waals surface area (Å²) < 4.78 is 10.3. The minimum absolute atomic E-state index is 0.168. The molecule has 1 N–H and O–H groups in total. The molecule has 0 aliphatic heterocycles. The van der Waals surface area contributed by atoms with Gasteiger partial charge in [0.05, 0.1) is 19.8 Å². The Labute approximate surface area is 120 Å². The maximum absolute atomic E-state index is 11.8. The Hall–Kier alpha value is -1.75. The SMILES string of the molecule is COc1ccc(C(O)CN(C)C(=O)OC(C)(C)C)cc1. The van der Waals surface area contributed by atoms with E-state index in [1.807, 2.05) is 0 Å². The number of hydrogen-bond acceptors (Lipinski definition) is 4. The third-order valence-electron chi connectivity index (χ3n) is 2.65. The van der Waals surface area contributed by atoms with E-state index < -0.39 is 17.8 Å². The first-order valence-corrected chi connectivity index (χ1v) is 6.49. The Morgan fingerprint density at radius 1 is 1.30 bits per heavy atom. The fourth-order valence-corrected chi connectivity index (χ4v) is 1.61. The number of likely N-dealkylation sites (N-methyl/N-ethyl adjacent to an activating group) is 1. The van der Waals surface area contributed by atoms with Gasteiger partial charge in [0, 0.05) is 7.05 Å². The van der Waals surface area contributed by atoms with Gasteiger partial charge in [-0.3, -0.25) is 0 Å². The zero-order chi connectivity index (χ0) is 15.3. The third-order valence-corrected chi connectivity index (χ3v) is 2.65. The molecule has 1 aromatic rings. The van der Waals surface area contributed by atoms with E-state index in [0.29, 0.717) is 0 Å². The van der Waals surface area contributed by atoms with Crippen molar-refractivity contribution in [3.05, 3.63) is 29.8 Å². The van der Waals surface area contributed by atoms with Gasteiger partial charge in [-0.05, 0) is 38.5 Å². The molecule has 0 aliphatic rings. The Kier molecular flexibility index (Phi) is 5.39. The van der Waals surface area contributed by atoms with Crippen LogP contribution < -0.4 is 4.74 Å². The van der Waals surface area contributed by atoms with Gasteiger partial charge in [0.25, 0.3) is 0 Å². The van der Waals surface area contributed by atoms with Gasteiger partial charge in [0.1, 0.15) is 11.4 Å². The molecule has 112 valence electrons. The molecule has 0 radical (unpaired) electrons. The van der Waals surface area contributed by atoms with Crippen LogP contribution in [-0.2, 0) is 4.74 Å². The van der Waals surface area contributed by atoms with Crippen LogP contribution >= 0.6 is 0 Å². The molecule has 0 spiro atoms. The Morgan fingerprint density at radius 2 is 1.85 bits per heavy atom. The number of benzene rings is 1. The minimum Gasteiger partial charge on any atom is -0.497 e. The summed E-state index contributed by atoms with van der Waals surface area (Å²) in [6.07, 6.45) is -1.22. The maximum Gasteiger partial charge on any atom is 0.410 e. The lowest BCUT2D eigenvalue weighted by molar-refractivity contribution is 0.0205. The van der Waals surface area contributed by atoms with E-state index in [0.717, 1.165) is 11.3 Å². The van der Waals surface area contributed by atoms with Crippen LogP contribution in [0.5, 0.6) is 5.75 Å². The fourth-order valence-electron chi connectivity index (χ4n) is 1.61. The summed E-state index contributed by atoms with van der Waals surface area (Å²) in [4.78, 5) is 13.2. The molecule has 1 unspecified atom stereocenters. The van der Waals surface area contributed by atoms with Gasteiger partial charge in [-0.1, -0.05) is 12.1 Å². The van der Waals surface area contributed by atoms with E-state index in [1.165, 1.54) is 4.90 Å². The Morgan fingerprint density at radius 3 is 2.30 bits per heavy atom. The first-order chi connectivity index (χ1) is 9.23. The lowest BCUT2D eigenvalue weighted by atomic mass is 10.1. The minimum atomic E-state index is -0.765. The molecular formula is C15H23NO4. The summed E-state index contributed by atoms with van der Waals surface area (Å²) in [5, 5.41) is 10.1. The monoisotopic (exact) mass is 281 g/mol. The topological polar surface area (TPSA) is 59.0 Å². The average molecular weight is 281 g/mol. The summed E-state index contributed by atoms with van der Waals surface area (Å²) >= 11 is 0. The second kappa shape index (κ2) is 6.61. The van der Waals surface area contributed by atoms with Crippen molar-refractivity contribution in [2.45, 2.75) is 32.5 Å². The number of ether oxygens (including phenoxy) is 2. The number of amides is 1. The second-order valence-electron chi connectivity index (χ2n) is 5.65. The third kappa shape index (κ3) is 5.09. The van der Waals surface area contributed by atoms with Crippen LogP contribution in [0.3, 0.4) is 0 Å². The number of methoxy groups -OCH3 is 1. The van der Waals surface area contributed by atoms with Crippen molar-refractivity contribution < 1.29 is 19.4 Å². The van der Waals surface area contributed by atoms with Crippen LogP contribution in [0.2, 0.25) is 0 Å². The van der Waals surface area contributed by atoms with E-state index in [9.17, 15) is 9.90 Å². The van der Waals surface area contributed by atoms with Crippen LogP contribution in [0, 0.1) is 0 Å². The standard InChI is InChI=1S/C15H23NO4/c1-15(2,3)20-14(18)16(4)10-13(17)11-6-8-12(19-5)9-7-11/h6-9,13,17H,10H2,1-5H3. The summed E-state index contributed by atoms with van der Waals surface area (Å²) in [6.45, 7) is 5.58. The first-order valence-electron chi connectivity index (χ1n) is 6.49. The predicted molar refractivity (Wildman–Crippen MR) is 76.8 cm³/mol. The van der Waals surface area contributed by atoms with Crippen LogP contribution in [0.15, 0.2) is 24.3 Å². The van der Waals surface area contributed by atoms with E-state index >= 15 is 0 Å². The maximum atomic E-state index is 11.8. The number of carbonyl (C=O) groups excluding carboxylic acids is 1. The van der Waals surface area contributed by atoms with Crippen molar-refractivity contribution in [1.29, 1.82) is 0 Å². The van der Waals surface area contributed by atoms with E-state index in [1.54, 1.807) is 59.2 Å². The highest BCUT2D eigenvalue weighted by Crippen LogP contribution is 2.19. The molecule has 5 heteroatoms. The fraction of sp³-hybridized carbons (Fsp3) is 0.533. The number of rotatable bonds is 4. The molecule has 20 heavy (non-hydrogen) atoms. The van der Waals surface area contributed by atoms with Gasteiger partial charge in [-0.25, -0.2) is 4.79 Å². The van der Waals surface area contributed by atoms with E-state index in [4.69, 9.17) is 9.47 Å². The zero-order valence-electron chi connectivity index (χ0n) is 12.7. The molecule has 5 nitrogen and oxygen atoms in total. The number of hydrogen-bond donors (Lipinski definition) is 1. The second-order valence-corrected chi connectivity index (χ2v) is 5.65. The molecule has 1 amide bonds. The van der Waals surface area contributed by atoms with E-state index in [-0.39, 0.29) is 6.54 Å². The van der Waals surface area contributed by atoms with Crippen LogP contribution in [0.25, 0.3) is 0 Å². The van der Waals surface area contributed by atoms with Crippen molar-refractivity contribution in [3.63, 3.8) is 0 Å². The van der Waals surface area contributed by atoms with Crippen molar-refractivity contribution in [3.8, 4) is 5.75 Å². The molecule has 0 fully saturated rings. The normalized spacial score (nSPS) is 12.7. The largest absolute Gasteiger partial charge is 0.497 e. The van der Waals surface area contributed by atoms with Gasteiger partial charge >= 0.3 is 6.09 Å². The van der Waals surface area contributed by atoms with Gasteiger partial charge < -0.3 is 19.5 Å². The predicted octanol–water partition coefficient (Wildman–Crippen LogP) is 2.60. The van der Waals surface area contributed by atoms with Crippen LogP contribution in [-0.4, -0.2) is 42.4 Å². The molecule has 1 rings (SSSR count). The van der Waals surface area contributed by atoms with Gasteiger partial charge in [0.2, 0.25) is 0 Å². The summed E-state index contributed by atoms with van der Waals surface area (Å²) in [5.41, 5.74) is 0.178. The molecule has 1 aromatic carbocycles. The van der Waals surface area contributed by atoms with Gasteiger partial charge in [-0.15, -0.1) is 0 Å². The number of aliphatic hydroxyl groups excluding tert-OH is 1. The van der Waals surface area contributed by atoms with Gasteiger partial charge in [-0.2, -0.15) is 0 Å². The molecule has 1 atom stereocenters. The quantitative estimate of drug-likeness (QED) is 0.921. The average Bonchev–Trinajstić information content (AvgIpc) is 2.36. The summed E-state index contributed by atoms with van der Waals surface area (Å²) in [7, 11) is 3.18. The van der Waals surface area contributed by atoms with Gasteiger partial charge in [0.15, 0.2) is 0 Å². The number of aliphatic hydroxyl groups is 1.